The summed E-state index contributed by atoms with van der Waals surface area (Å²) in [5, 5.41) is 0. The van der Waals surface area contributed by atoms with Gasteiger partial charge >= 0.3 is 29.8 Å². The third-order valence-electron chi connectivity index (χ3n) is 8.00. The molecule has 3 aliphatic rings. The zero-order valence-corrected chi connectivity index (χ0v) is 23.5. The van der Waals surface area contributed by atoms with Crippen LogP contribution < -0.4 is 9.47 Å². The second-order valence-corrected chi connectivity index (χ2v) is 10.6. The van der Waals surface area contributed by atoms with Gasteiger partial charge in [-0.15, -0.1) is 0 Å². The van der Waals surface area contributed by atoms with E-state index < -0.39 is 35.4 Å². The van der Waals surface area contributed by atoms with E-state index in [0.29, 0.717) is 45.3 Å². The van der Waals surface area contributed by atoms with Crippen LogP contribution in [-0.2, 0) is 19.8 Å². The zero-order valence-electron chi connectivity index (χ0n) is 23.5. The van der Waals surface area contributed by atoms with Crippen LogP contribution in [0.1, 0.15) is 68.5 Å². The molecular weight excluding hydrogens is 592 g/mol. The predicted octanol–water partition coefficient (Wildman–Crippen LogP) is 6.35. The number of hydrogen-bond donors (Lipinski definition) is 0. The lowest BCUT2D eigenvalue weighted by molar-refractivity contribution is 0.0250. The molecule has 0 radical (unpaired) electrons. The molecule has 0 atom stereocenters. The maximum Gasteiger partial charge on any atom is 0.347 e. The van der Waals surface area contributed by atoms with Crippen molar-refractivity contribution in [1.82, 2.24) is 0 Å². The van der Waals surface area contributed by atoms with Crippen molar-refractivity contribution in [3.8, 4) is 23.0 Å². The Hall–Kier alpha value is -6.55. The van der Waals surface area contributed by atoms with Gasteiger partial charge in [-0.3, -0.25) is 0 Å². The third-order valence-corrected chi connectivity index (χ3v) is 8.00. The monoisotopic (exact) mass is 610 g/mol. The summed E-state index contributed by atoms with van der Waals surface area (Å²) in [5.74, 6) is -1.75. The summed E-state index contributed by atoms with van der Waals surface area (Å²) in [5.41, 5.74) is 1.73. The maximum atomic E-state index is 13.1. The molecular formula is C36H18O10. The molecule has 0 spiro atoms. The fourth-order valence-corrected chi connectivity index (χ4v) is 5.86. The van der Waals surface area contributed by atoms with Crippen LogP contribution in [0.5, 0.6) is 23.0 Å². The maximum absolute atomic E-state index is 13.1. The molecule has 0 saturated carbocycles. The number of hydrogen-bond acceptors (Lipinski definition) is 10. The summed E-state index contributed by atoms with van der Waals surface area (Å²) in [7, 11) is 0. The van der Waals surface area contributed by atoms with Gasteiger partial charge in [0.2, 0.25) is 0 Å². The zero-order chi connectivity index (χ0) is 31.6. The first-order chi connectivity index (χ1) is 22.3. The summed E-state index contributed by atoms with van der Waals surface area (Å²) in [6, 6.07) is 30.1. The van der Waals surface area contributed by atoms with E-state index in [9.17, 15) is 24.0 Å². The fraction of sp³-hybridized carbons (Fsp3) is 0.0278. The van der Waals surface area contributed by atoms with Gasteiger partial charge in [-0.1, -0.05) is 42.5 Å². The fourth-order valence-electron chi connectivity index (χ4n) is 5.86. The molecule has 46 heavy (non-hydrogen) atoms. The van der Waals surface area contributed by atoms with Gasteiger partial charge in [0, 0.05) is 16.7 Å². The van der Waals surface area contributed by atoms with Crippen molar-refractivity contribution >= 4 is 29.8 Å². The molecule has 0 amide bonds. The first-order valence-corrected chi connectivity index (χ1v) is 14.0. The SMILES string of the molecule is O=C1OC(=O)c2cc(Oc3ccc(C4(c5ccc(Oc6ccc7c(c6)C(=O)OC7=O)cc5)OC(=O)c5ccccc54)cc3)ccc21. The largest absolute Gasteiger partial charge is 0.457 e. The van der Waals surface area contributed by atoms with Crippen molar-refractivity contribution < 1.29 is 47.7 Å². The van der Waals surface area contributed by atoms with Crippen LogP contribution in [0.3, 0.4) is 0 Å². The summed E-state index contributed by atoms with van der Waals surface area (Å²) in [6.07, 6.45) is 0. The van der Waals surface area contributed by atoms with Crippen molar-refractivity contribution in [2.75, 3.05) is 0 Å². The lowest BCUT2D eigenvalue weighted by atomic mass is 9.80. The summed E-state index contributed by atoms with van der Waals surface area (Å²) >= 11 is 0. The number of cyclic esters (lactones) is 5. The van der Waals surface area contributed by atoms with Crippen LogP contribution in [0.4, 0.5) is 0 Å². The highest BCUT2D eigenvalue weighted by atomic mass is 16.6. The van der Waals surface area contributed by atoms with Crippen molar-refractivity contribution in [2.24, 2.45) is 0 Å². The van der Waals surface area contributed by atoms with Crippen molar-refractivity contribution in [3.05, 3.63) is 154 Å². The molecule has 0 unspecified atom stereocenters. The first kappa shape index (κ1) is 27.0. The molecule has 8 rings (SSSR count). The molecule has 5 aromatic rings. The minimum atomic E-state index is -1.29. The van der Waals surface area contributed by atoms with Crippen LogP contribution in [0.2, 0.25) is 0 Å². The molecule has 10 nitrogen and oxygen atoms in total. The van der Waals surface area contributed by atoms with E-state index in [1.54, 1.807) is 72.8 Å². The van der Waals surface area contributed by atoms with Gasteiger partial charge in [0.05, 0.1) is 27.8 Å². The first-order valence-electron chi connectivity index (χ1n) is 14.0. The predicted molar refractivity (Wildman–Crippen MR) is 157 cm³/mol. The van der Waals surface area contributed by atoms with Crippen molar-refractivity contribution in [3.63, 3.8) is 0 Å². The molecule has 0 bridgehead atoms. The summed E-state index contributed by atoms with van der Waals surface area (Å²) in [4.78, 5) is 60.6. The van der Waals surface area contributed by atoms with E-state index in [1.807, 2.05) is 12.1 Å². The molecule has 0 fully saturated rings. The number of benzene rings is 5. The van der Waals surface area contributed by atoms with Gasteiger partial charge < -0.3 is 23.7 Å². The summed E-state index contributed by atoms with van der Waals surface area (Å²) < 4.78 is 27.4. The van der Waals surface area contributed by atoms with Crippen LogP contribution in [0.15, 0.2) is 109 Å². The molecule has 0 aliphatic carbocycles. The van der Waals surface area contributed by atoms with E-state index in [1.165, 1.54) is 24.3 Å². The van der Waals surface area contributed by atoms with Gasteiger partial charge in [-0.05, 0) is 66.7 Å². The van der Waals surface area contributed by atoms with Gasteiger partial charge in [0.15, 0.2) is 5.60 Å². The molecule has 0 aromatic heterocycles. The minimum Gasteiger partial charge on any atom is -0.457 e. The Kier molecular flexibility index (Phi) is 5.87. The number of fused-ring (bicyclic) bond motifs is 3. The van der Waals surface area contributed by atoms with Crippen LogP contribution in [0, 0.1) is 0 Å². The second kappa shape index (κ2) is 10.00. The smallest absolute Gasteiger partial charge is 0.347 e. The Morgan fingerprint density at radius 2 is 0.848 bits per heavy atom. The standard InChI is InChI=1S/C36H18O10/c37-31-25-15-13-23(17-28(25)33(39)44-31)42-21-9-5-19(6-10-21)36(30-4-2-1-3-27(30)35(41)46-36)20-7-11-22(12-8-20)43-24-14-16-26-29(18-24)34(40)45-32(26)38/h1-18H. The molecule has 0 saturated heterocycles. The molecule has 3 aliphatic heterocycles. The van der Waals surface area contributed by atoms with E-state index in [0.717, 1.165) is 0 Å². The van der Waals surface area contributed by atoms with Crippen LogP contribution >= 0.6 is 0 Å². The van der Waals surface area contributed by atoms with Gasteiger partial charge in [-0.25, -0.2) is 24.0 Å². The highest BCUT2D eigenvalue weighted by Crippen LogP contribution is 2.48. The van der Waals surface area contributed by atoms with Gasteiger partial charge in [-0.2, -0.15) is 0 Å². The minimum absolute atomic E-state index is 0.133. The Labute approximate surface area is 259 Å². The average Bonchev–Trinajstić information content (AvgIpc) is 3.65. The Bertz CT molecular complexity index is 2040. The third kappa shape index (κ3) is 4.15. The molecule has 5 aromatic carbocycles. The van der Waals surface area contributed by atoms with E-state index in [-0.39, 0.29) is 22.3 Å². The Morgan fingerprint density at radius 1 is 0.413 bits per heavy atom. The second-order valence-electron chi connectivity index (χ2n) is 10.6. The highest BCUT2D eigenvalue weighted by Gasteiger charge is 2.48. The van der Waals surface area contributed by atoms with Crippen molar-refractivity contribution in [2.45, 2.75) is 5.60 Å². The van der Waals surface area contributed by atoms with Gasteiger partial charge in [0.1, 0.15) is 23.0 Å². The van der Waals surface area contributed by atoms with E-state index in [4.69, 9.17) is 14.2 Å². The lowest BCUT2D eigenvalue weighted by Gasteiger charge is -2.30. The van der Waals surface area contributed by atoms with Crippen LogP contribution in [0.25, 0.3) is 0 Å². The van der Waals surface area contributed by atoms with E-state index >= 15 is 0 Å². The quantitative estimate of drug-likeness (QED) is 0.122. The Balaban J connectivity index is 1.12. The van der Waals surface area contributed by atoms with Gasteiger partial charge in [0.25, 0.3) is 0 Å². The topological polar surface area (TPSA) is 132 Å². The normalized spacial score (nSPS) is 15.4. The Morgan fingerprint density at radius 3 is 1.35 bits per heavy atom. The molecule has 10 heteroatoms. The van der Waals surface area contributed by atoms with Crippen molar-refractivity contribution in [1.29, 1.82) is 0 Å². The average molecular weight is 611 g/mol. The number of ether oxygens (including phenoxy) is 5. The number of esters is 5. The lowest BCUT2D eigenvalue weighted by Crippen LogP contribution is -2.29. The molecule has 222 valence electrons. The number of carbonyl (C=O) groups excluding carboxylic acids is 5. The van der Waals surface area contributed by atoms with E-state index in [2.05, 4.69) is 9.47 Å². The van der Waals surface area contributed by atoms with Crippen LogP contribution in [-0.4, -0.2) is 29.8 Å². The number of rotatable bonds is 6. The summed E-state index contributed by atoms with van der Waals surface area (Å²) in [6.45, 7) is 0. The molecule has 0 N–H and O–H groups in total. The highest BCUT2D eigenvalue weighted by molar-refractivity contribution is 6.15. The number of carbonyl (C=O) groups is 5. The molecule has 3 heterocycles.